The highest BCUT2D eigenvalue weighted by Crippen LogP contribution is 2.26. The molecule has 1 atom stereocenters. The van der Waals surface area contributed by atoms with Gasteiger partial charge in [-0.3, -0.25) is 9.69 Å². The van der Waals surface area contributed by atoms with Crippen LogP contribution in [0.5, 0.6) is 0 Å². The number of nitrogens with zero attached hydrogens (tertiary/aromatic N) is 3. The first kappa shape index (κ1) is 17.3. The van der Waals surface area contributed by atoms with Crippen molar-refractivity contribution in [2.24, 2.45) is 0 Å². The zero-order valence-corrected chi connectivity index (χ0v) is 15.3. The molecule has 1 N–H and O–H groups in total. The Hall–Kier alpha value is -2.08. The van der Waals surface area contributed by atoms with Crippen LogP contribution in [0.1, 0.15) is 31.2 Å². The summed E-state index contributed by atoms with van der Waals surface area (Å²) in [4.78, 5) is 31.3. The van der Waals surface area contributed by atoms with Crippen molar-refractivity contribution < 1.29 is 9.59 Å². The molecule has 3 amide bonds. The highest BCUT2D eigenvalue weighted by Gasteiger charge is 2.40. The molecule has 3 fully saturated rings. The third-order valence-electron chi connectivity index (χ3n) is 5.93. The molecule has 2 saturated heterocycles. The molecular formula is C20H28N4O2. The van der Waals surface area contributed by atoms with Gasteiger partial charge in [0.2, 0.25) is 5.91 Å². The molecule has 0 aromatic heterocycles. The third kappa shape index (κ3) is 3.70. The summed E-state index contributed by atoms with van der Waals surface area (Å²) in [6.07, 6.45) is 4.53. The maximum Gasteiger partial charge on any atom is 0.318 e. The van der Waals surface area contributed by atoms with Crippen LogP contribution in [-0.2, 0) is 11.3 Å². The lowest BCUT2D eigenvalue weighted by Gasteiger charge is -2.35. The molecule has 0 radical (unpaired) electrons. The average molecular weight is 356 g/mol. The van der Waals surface area contributed by atoms with Crippen molar-refractivity contribution in [2.75, 3.05) is 32.7 Å². The molecule has 2 heterocycles. The lowest BCUT2D eigenvalue weighted by Crippen LogP contribution is -2.53. The Bertz CT molecular complexity index is 636. The molecule has 4 rings (SSSR count). The number of nitrogens with one attached hydrogen (secondary N) is 1. The summed E-state index contributed by atoms with van der Waals surface area (Å²) >= 11 is 0. The second-order valence-electron chi connectivity index (χ2n) is 7.68. The standard InChI is InChI=1S/C20H28N4O2/c25-19(18-15-24(20(26)21-18)17-8-4-5-9-17)23-12-10-22(11-13-23)14-16-6-2-1-3-7-16/h1-3,6-7,17-18H,4-5,8-15H2,(H,21,26). The second kappa shape index (κ2) is 7.66. The van der Waals surface area contributed by atoms with E-state index in [0.29, 0.717) is 12.6 Å². The maximum atomic E-state index is 12.8. The van der Waals surface area contributed by atoms with Gasteiger partial charge in [0.05, 0.1) is 6.54 Å². The topological polar surface area (TPSA) is 55.9 Å². The number of hydrogen-bond donors (Lipinski definition) is 1. The van der Waals surface area contributed by atoms with E-state index < -0.39 is 0 Å². The normalized spacial score (nSPS) is 24.9. The van der Waals surface area contributed by atoms with Crippen LogP contribution in [0.2, 0.25) is 0 Å². The number of benzene rings is 1. The van der Waals surface area contributed by atoms with Gasteiger partial charge in [0.15, 0.2) is 0 Å². The minimum Gasteiger partial charge on any atom is -0.338 e. The molecule has 1 saturated carbocycles. The number of carbonyl (C=O) groups excluding carboxylic acids is 2. The smallest absolute Gasteiger partial charge is 0.318 e. The van der Waals surface area contributed by atoms with E-state index in [4.69, 9.17) is 0 Å². The molecular weight excluding hydrogens is 328 g/mol. The quantitative estimate of drug-likeness (QED) is 0.893. The van der Waals surface area contributed by atoms with Crippen molar-refractivity contribution >= 4 is 11.9 Å². The summed E-state index contributed by atoms with van der Waals surface area (Å²) in [6, 6.07) is 10.3. The highest BCUT2D eigenvalue weighted by molar-refractivity contribution is 5.90. The fourth-order valence-corrected chi connectivity index (χ4v) is 4.42. The highest BCUT2D eigenvalue weighted by atomic mass is 16.2. The van der Waals surface area contributed by atoms with Crippen LogP contribution >= 0.6 is 0 Å². The molecule has 6 nitrogen and oxygen atoms in total. The molecule has 6 heteroatoms. The second-order valence-corrected chi connectivity index (χ2v) is 7.68. The van der Waals surface area contributed by atoms with Gasteiger partial charge in [-0.1, -0.05) is 43.2 Å². The number of amides is 3. The Morgan fingerprint density at radius 1 is 1.04 bits per heavy atom. The van der Waals surface area contributed by atoms with Crippen LogP contribution in [0.25, 0.3) is 0 Å². The average Bonchev–Trinajstić information content (AvgIpc) is 3.32. The minimum atomic E-state index is -0.372. The van der Waals surface area contributed by atoms with Gasteiger partial charge in [0.25, 0.3) is 0 Å². The number of carbonyl (C=O) groups is 2. The Kier molecular flexibility index (Phi) is 5.11. The first-order valence-electron chi connectivity index (χ1n) is 9.83. The predicted molar refractivity (Wildman–Crippen MR) is 99.6 cm³/mol. The molecule has 2 aliphatic heterocycles. The van der Waals surface area contributed by atoms with Gasteiger partial charge in [0, 0.05) is 38.8 Å². The van der Waals surface area contributed by atoms with Gasteiger partial charge >= 0.3 is 6.03 Å². The number of hydrogen-bond acceptors (Lipinski definition) is 3. The zero-order chi connectivity index (χ0) is 17.9. The molecule has 1 aliphatic carbocycles. The largest absolute Gasteiger partial charge is 0.338 e. The van der Waals surface area contributed by atoms with Crippen molar-refractivity contribution in [1.29, 1.82) is 0 Å². The van der Waals surface area contributed by atoms with Crippen molar-refractivity contribution in [3.05, 3.63) is 35.9 Å². The lowest BCUT2D eigenvalue weighted by molar-refractivity contribution is -0.134. The van der Waals surface area contributed by atoms with Gasteiger partial charge in [-0.05, 0) is 18.4 Å². The fraction of sp³-hybridized carbons (Fsp3) is 0.600. The van der Waals surface area contributed by atoms with E-state index >= 15 is 0 Å². The molecule has 3 aliphatic rings. The van der Waals surface area contributed by atoms with Gasteiger partial charge in [-0.15, -0.1) is 0 Å². The Morgan fingerprint density at radius 2 is 1.73 bits per heavy atom. The van der Waals surface area contributed by atoms with E-state index in [1.54, 1.807) is 0 Å². The minimum absolute atomic E-state index is 0.0574. The van der Waals surface area contributed by atoms with Gasteiger partial charge < -0.3 is 15.1 Å². The summed E-state index contributed by atoms with van der Waals surface area (Å²) < 4.78 is 0. The van der Waals surface area contributed by atoms with E-state index in [2.05, 4.69) is 34.5 Å². The zero-order valence-electron chi connectivity index (χ0n) is 15.3. The van der Waals surface area contributed by atoms with Crippen molar-refractivity contribution in [3.8, 4) is 0 Å². The van der Waals surface area contributed by atoms with Crippen LogP contribution < -0.4 is 5.32 Å². The number of rotatable bonds is 4. The monoisotopic (exact) mass is 356 g/mol. The molecule has 0 bridgehead atoms. The molecule has 1 aromatic carbocycles. The molecule has 140 valence electrons. The van der Waals surface area contributed by atoms with Gasteiger partial charge in [-0.25, -0.2) is 4.79 Å². The SMILES string of the molecule is O=C(C1CN(C2CCCC2)C(=O)N1)N1CCN(Cc2ccccc2)CC1. The molecule has 0 spiro atoms. The number of urea groups is 1. The first-order chi connectivity index (χ1) is 12.7. The maximum absolute atomic E-state index is 12.8. The van der Waals surface area contributed by atoms with Gasteiger partial charge in [-0.2, -0.15) is 0 Å². The molecule has 26 heavy (non-hydrogen) atoms. The van der Waals surface area contributed by atoms with E-state index in [0.717, 1.165) is 45.6 Å². The van der Waals surface area contributed by atoms with E-state index in [-0.39, 0.29) is 18.0 Å². The predicted octanol–water partition coefficient (Wildman–Crippen LogP) is 1.67. The summed E-state index contributed by atoms with van der Waals surface area (Å²) in [5.41, 5.74) is 1.31. The Labute approximate surface area is 155 Å². The Balaban J connectivity index is 1.28. The van der Waals surface area contributed by atoms with Crippen molar-refractivity contribution in [2.45, 2.75) is 44.3 Å². The van der Waals surface area contributed by atoms with E-state index in [9.17, 15) is 9.59 Å². The third-order valence-corrected chi connectivity index (χ3v) is 5.93. The lowest BCUT2D eigenvalue weighted by atomic mass is 10.1. The molecule has 1 unspecified atom stereocenters. The van der Waals surface area contributed by atoms with E-state index in [1.807, 2.05) is 15.9 Å². The van der Waals surface area contributed by atoms with Crippen molar-refractivity contribution in [3.63, 3.8) is 0 Å². The summed E-state index contributed by atoms with van der Waals surface area (Å²) in [5, 5.41) is 2.91. The van der Waals surface area contributed by atoms with Crippen LogP contribution in [0.4, 0.5) is 4.79 Å². The van der Waals surface area contributed by atoms with Gasteiger partial charge in [0.1, 0.15) is 6.04 Å². The van der Waals surface area contributed by atoms with Crippen LogP contribution in [0, 0.1) is 0 Å². The van der Waals surface area contributed by atoms with E-state index in [1.165, 1.54) is 18.4 Å². The fourth-order valence-electron chi connectivity index (χ4n) is 4.42. The summed E-state index contributed by atoms with van der Waals surface area (Å²) in [5.74, 6) is 0.0817. The first-order valence-corrected chi connectivity index (χ1v) is 9.83. The summed E-state index contributed by atoms with van der Waals surface area (Å²) in [6.45, 7) is 4.70. The Morgan fingerprint density at radius 3 is 2.42 bits per heavy atom. The van der Waals surface area contributed by atoms with Crippen LogP contribution in [-0.4, -0.2) is 71.4 Å². The number of piperazine rings is 1. The van der Waals surface area contributed by atoms with Crippen LogP contribution in [0.3, 0.4) is 0 Å². The molecule has 1 aromatic rings. The van der Waals surface area contributed by atoms with Crippen molar-refractivity contribution in [1.82, 2.24) is 20.0 Å². The summed E-state index contributed by atoms with van der Waals surface area (Å²) in [7, 11) is 0. The van der Waals surface area contributed by atoms with Crippen LogP contribution in [0.15, 0.2) is 30.3 Å².